The Morgan fingerprint density at radius 3 is 1.69 bits per heavy atom. The van der Waals surface area contributed by atoms with Crippen LogP contribution < -0.4 is 11.5 Å². The van der Waals surface area contributed by atoms with Crippen LogP contribution >= 0.6 is 9.39 Å². The van der Waals surface area contributed by atoms with Gasteiger partial charge >= 0.3 is 0 Å². The molecule has 1 unspecified atom stereocenters. The van der Waals surface area contributed by atoms with E-state index in [9.17, 15) is 8.96 Å². The third kappa shape index (κ3) is 9.33. The number of rotatable bonds is 10. The molecule has 8 heteroatoms. The number of nitrogens with two attached hydrogens (primary N) is 2. The Bertz CT molecular complexity index is 149. The standard InChI is InChI=1S/C8H22F2N5P/c9-13(3-1-11)5-6-14(10)7-8-15(16)4-2-12/h1-8,11-12,16H2. The second-order valence-electron chi connectivity index (χ2n) is 3.43. The van der Waals surface area contributed by atoms with Crippen LogP contribution in [0.2, 0.25) is 0 Å². The second-order valence-corrected chi connectivity index (χ2v) is 4.16. The molecular formula is C8H22F2N5P. The lowest BCUT2D eigenvalue weighted by molar-refractivity contribution is -0.0298. The summed E-state index contributed by atoms with van der Waals surface area (Å²) >= 11 is 0. The molecule has 0 spiro atoms. The molecule has 16 heavy (non-hydrogen) atoms. The fraction of sp³-hybridized carbons (Fsp3) is 1.00. The maximum atomic E-state index is 13.1. The predicted molar refractivity (Wildman–Crippen MR) is 64.8 cm³/mol. The van der Waals surface area contributed by atoms with E-state index in [-0.39, 0.29) is 32.7 Å². The number of nitrogens with zero attached hydrogens (tertiary/aromatic N) is 3. The van der Waals surface area contributed by atoms with Gasteiger partial charge in [0.25, 0.3) is 0 Å². The van der Waals surface area contributed by atoms with Crippen molar-refractivity contribution in [2.75, 3.05) is 52.4 Å². The molecule has 0 saturated heterocycles. The molecule has 0 saturated carbocycles. The summed E-state index contributed by atoms with van der Waals surface area (Å²) in [4.78, 5) is 0. The van der Waals surface area contributed by atoms with Crippen LogP contribution in [-0.2, 0) is 0 Å². The molecule has 98 valence electrons. The Hall–Kier alpha value is 0.0900. The lowest BCUT2D eigenvalue weighted by Gasteiger charge is -2.19. The first-order chi connectivity index (χ1) is 7.60. The minimum absolute atomic E-state index is 0.0292. The fourth-order valence-corrected chi connectivity index (χ4v) is 1.36. The van der Waals surface area contributed by atoms with Gasteiger partial charge in [-0.2, -0.15) is 0 Å². The molecule has 0 bridgehead atoms. The normalized spacial score (nSPS) is 12.0. The number of hydrogen-bond donors (Lipinski definition) is 2. The van der Waals surface area contributed by atoms with Crippen LogP contribution in [0.25, 0.3) is 0 Å². The highest BCUT2D eigenvalue weighted by molar-refractivity contribution is 7.13. The first-order valence-corrected chi connectivity index (χ1v) is 5.83. The third-order valence-electron chi connectivity index (χ3n) is 2.00. The molecule has 0 aliphatic carbocycles. The van der Waals surface area contributed by atoms with E-state index < -0.39 is 0 Å². The van der Waals surface area contributed by atoms with E-state index in [0.717, 1.165) is 0 Å². The maximum Gasteiger partial charge on any atom is 0.0444 e. The molecule has 0 aliphatic heterocycles. The van der Waals surface area contributed by atoms with E-state index in [2.05, 4.69) is 9.39 Å². The van der Waals surface area contributed by atoms with E-state index >= 15 is 0 Å². The molecule has 0 heterocycles. The van der Waals surface area contributed by atoms with E-state index in [0.29, 0.717) is 29.9 Å². The summed E-state index contributed by atoms with van der Waals surface area (Å²) in [5, 5.41) is 1.11. The Labute approximate surface area is 97.8 Å². The van der Waals surface area contributed by atoms with Crippen LogP contribution in [0, 0.1) is 0 Å². The molecule has 4 N–H and O–H groups in total. The highest BCUT2D eigenvalue weighted by Gasteiger charge is 2.08. The van der Waals surface area contributed by atoms with Crippen LogP contribution in [0.5, 0.6) is 0 Å². The van der Waals surface area contributed by atoms with Gasteiger partial charge in [-0.05, 0) is 0 Å². The zero-order chi connectivity index (χ0) is 12.4. The monoisotopic (exact) mass is 257 g/mol. The van der Waals surface area contributed by atoms with Crippen molar-refractivity contribution in [3.63, 3.8) is 0 Å². The summed E-state index contributed by atoms with van der Waals surface area (Å²) < 4.78 is 27.8. The molecule has 0 rings (SSSR count). The van der Waals surface area contributed by atoms with Crippen LogP contribution in [0.4, 0.5) is 8.96 Å². The first-order valence-electron chi connectivity index (χ1n) is 5.31. The maximum absolute atomic E-state index is 13.1. The van der Waals surface area contributed by atoms with Crippen LogP contribution in [0.1, 0.15) is 0 Å². The van der Waals surface area contributed by atoms with Crippen molar-refractivity contribution >= 4 is 9.39 Å². The summed E-state index contributed by atoms with van der Waals surface area (Å²) in [7, 11) is 2.48. The molecule has 0 amide bonds. The van der Waals surface area contributed by atoms with Gasteiger partial charge in [-0.3, -0.25) is 4.67 Å². The van der Waals surface area contributed by atoms with Gasteiger partial charge in [0.2, 0.25) is 0 Å². The molecule has 1 atom stereocenters. The Balaban J connectivity index is 3.46. The predicted octanol–water partition coefficient (Wildman–Crippen LogP) is -0.631. The van der Waals surface area contributed by atoms with Gasteiger partial charge in [-0.25, -0.2) is 0 Å². The first kappa shape index (κ1) is 16.1. The summed E-state index contributed by atoms with van der Waals surface area (Å²) in [6.07, 6.45) is 0. The van der Waals surface area contributed by atoms with Gasteiger partial charge in [0.05, 0.1) is 0 Å². The van der Waals surface area contributed by atoms with Crippen molar-refractivity contribution in [2.45, 2.75) is 0 Å². The molecule has 0 aromatic rings. The zero-order valence-corrected chi connectivity index (χ0v) is 10.6. The topological polar surface area (TPSA) is 61.8 Å². The van der Waals surface area contributed by atoms with E-state index in [1.807, 2.05) is 4.67 Å². The molecule has 0 aromatic carbocycles. The number of hydrogen-bond acceptors (Lipinski definition) is 5. The molecular weight excluding hydrogens is 235 g/mol. The van der Waals surface area contributed by atoms with Gasteiger partial charge in [0.1, 0.15) is 0 Å². The highest BCUT2D eigenvalue weighted by atomic mass is 31.0. The SMILES string of the molecule is NCCN(F)CCN(F)CCN(P)CCN. The van der Waals surface area contributed by atoms with E-state index in [4.69, 9.17) is 11.5 Å². The molecule has 0 aliphatic rings. The average Bonchev–Trinajstić information content (AvgIpc) is 2.24. The second kappa shape index (κ2) is 10.3. The van der Waals surface area contributed by atoms with E-state index in [1.54, 1.807) is 0 Å². The average molecular weight is 257 g/mol. The van der Waals surface area contributed by atoms with Crippen molar-refractivity contribution in [2.24, 2.45) is 11.5 Å². The highest BCUT2D eigenvalue weighted by Crippen LogP contribution is 1.99. The molecule has 0 radical (unpaired) electrons. The van der Waals surface area contributed by atoms with Crippen LogP contribution in [0.3, 0.4) is 0 Å². The van der Waals surface area contributed by atoms with Crippen molar-refractivity contribution in [1.82, 2.24) is 14.9 Å². The Morgan fingerprint density at radius 2 is 1.19 bits per heavy atom. The molecule has 0 aromatic heterocycles. The smallest absolute Gasteiger partial charge is 0.0444 e. The van der Waals surface area contributed by atoms with Gasteiger partial charge < -0.3 is 11.5 Å². The van der Waals surface area contributed by atoms with Gasteiger partial charge in [-0.15, -0.1) is 19.2 Å². The van der Waals surface area contributed by atoms with Crippen LogP contribution in [0.15, 0.2) is 0 Å². The third-order valence-corrected chi connectivity index (χ3v) is 2.52. The Kier molecular flexibility index (Phi) is 10.3. The van der Waals surface area contributed by atoms with Crippen molar-refractivity contribution in [3.8, 4) is 0 Å². The van der Waals surface area contributed by atoms with Crippen molar-refractivity contribution in [3.05, 3.63) is 0 Å². The minimum Gasteiger partial charge on any atom is -0.329 e. The zero-order valence-electron chi connectivity index (χ0n) is 9.49. The lowest BCUT2D eigenvalue weighted by Crippen LogP contribution is -2.33. The minimum atomic E-state index is 0.0292. The molecule has 0 fully saturated rings. The fourth-order valence-electron chi connectivity index (χ4n) is 1.10. The van der Waals surface area contributed by atoms with E-state index in [1.165, 1.54) is 0 Å². The largest absolute Gasteiger partial charge is 0.329 e. The van der Waals surface area contributed by atoms with Crippen molar-refractivity contribution in [1.29, 1.82) is 0 Å². The summed E-state index contributed by atoms with van der Waals surface area (Å²) in [6, 6.07) is 0. The number of halogens is 2. The van der Waals surface area contributed by atoms with Gasteiger partial charge in [0, 0.05) is 52.4 Å². The summed E-state index contributed by atoms with van der Waals surface area (Å²) in [6.45, 7) is 2.45. The summed E-state index contributed by atoms with van der Waals surface area (Å²) in [5.41, 5.74) is 10.5. The molecule has 5 nitrogen and oxygen atoms in total. The summed E-state index contributed by atoms with van der Waals surface area (Å²) in [5.74, 6) is 0. The van der Waals surface area contributed by atoms with Crippen LogP contribution in [-0.4, -0.2) is 67.3 Å². The lowest BCUT2D eigenvalue weighted by atomic mass is 10.5. The Morgan fingerprint density at radius 1 is 0.750 bits per heavy atom. The van der Waals surface area contributed by atoms with Gasteiger partial charge in [-0.1, -0.05) is 9.39 Å². The quantitative estimate of drug-likeness (QED) is 0.403. The van der Waals surface area contributed by atoms with Gasteiger partial charge in [0.15, 0.2) is 0 Å². The van der Waals surface area contributed by atoms with Crippen molar-refractivity contribution < 1.29 is 8.96 Å².